The number of nitrogens with one attached hydrogen (secondary N) is 1. The van der Waals surface area contributed by atoms with Gasteiger partial charge in [0, 0.05) is 16.3 Å². The fraction of sp³-hybridized carbons (Fsp3) is 0.118. The second-order valence-electron chi connectivity index (χ2n) is 4.86. The molecule has 0 fully saturated rings. The molecule has 0 radical (unpaired) electrons. The van der Waals surface area contributed by atoms with Gasteiger partial charge in [-0.3, -0.25) is 4.79 Å². The van der Waals surface area contributed by atoms with Gasteiger partial charge in [-0.25, -0.2) is 0 Å². The Morgan fingerprint density at radius 2 is 2.00 bits per heavy atom. The molecule has 0 unspecified atom stereocenters. The molecule has 3 aromatic rings. The molecule has 0 atom stereocenters. The van der Waals surface area contributed by atoms with E-state index >= 15 is 0 Å². The Kier molecular flexibility index (Phi) is 3.95. The van der Waals surface area contributed by atoms with E-state index < -0.39 is 0 Å². The second-order valence-corrected chi connectivity index (χ2v) is 6.35. The van der Waals surface area contributed by atoms with E-state index in [2.05, 4.69) is 11.4 Å². The van der Waals surface area contributed by atoms with E-state index in [4.69, 9.17) is 11.6 Å². The number of aryl methyl sites for hydroxylation is 1. The largest absolute Gasteiger partial charge is 0.347 e. The zero-order valence-electron chi connectivity index (χ0n) is 11.5. The summed E-state index contributed by atoms with van der Waals surface area (Å²) in [4.78, 5) is 13.1. The molecule has 0 aliphatic rings. The predicted octanol–water partition coefficient (Wildman–Crippen LogP) is 4.79. The minimum absolute atomic E-state index is 0.0336. The number of thiophene rings is 1. The quantitative estimate of drug-likeness (QED) is 0.739. The Balaban J connectivity index is 1.79. The standard InChI is InChI=1S/C17H14ClNOS/c1-11-14-7-2-3-8-15(14)21-16(11)17(20)19-10-12-5-4-6-13(18)9-12/h2-9H,10H2,1H3,(H,19,20). The number of hydrogen-bond donors (Lipinski definition) is 1. The van der Waals surface area contributed by atoms with Crippen LogP contribution >= 0.6 is 22.9 Å². The minimum Gasteiger partial charge on any atom is -0.347 e. The first-order valence-corrected chi connectivity index (χ1v) is 7.85. The number of rotatable bonds is 3. The van der Waals surface area contributed by atoms with Crippen LogP contribution in [0.1, 0.15) is 20.8 Å². The highest BCUT2D eigenvalue weighted by molar-refractivity contribution is 7.21. The Morgan fingerprint density at radius 1 is 1.19 bits per heavy atom. The van der Waals surface area contributed by atoms with Gasteiger partial charge in [-0.1, -0.05) is 41.9 Å². The van der Waals surface area contributed by atoms with Crippen LogP contribution in [-0.2, 0) is 6.54 Å². The summed E-state index contributed by atoms with van der Waals surface area (Å²) in [6, 6.07) is 15.6. The number of benzene rings is 2. The Labute approximate surface area is 132 Å². The molecular weight excluding hydrogens is 302 g/mol. The van der Waals surface area contributed by atoms with Gasteiger partial charge in [0.05, 0.1) is 4.88 Å². The van der Waals surface area contributed by atoms with Crippen molar-refractivity contribution < 1.29 is 4.79 Å². The first kappa shape index (κ1) is 14.1. The van der Waals surface area contributed by atoms with Gasteiger partial charge in [-0.05, 0) is 41.6 Å². The zero-order valence-corrected chi connectivity index (χ0v) is 13.1. The molecule has 0 spiro atoms. The third-order valence-electron chi connectivity index (χ3n) is 3.39. The van der Waals surface area contributed by atoms with Crippen LogP contribution in [0.15, 0.2) is 48.5 Å². The molecule has 1 heterocycles. The average Bonchev–Trinajstić information content (AvgIpc) is 2.83. The lowest BCUT2D eigenvalue weighted by Gasteiger charge is -2.05. The van der Waals surface area contributed by atoms with E-state index in [9.17, 15) is 4.79 Å². The number of halogens is 1. The summed E-state index contributed by atoms with van der Waals surface area (Å²) in [5.41, 5.74) is 2.04. The van der Waals surface area contributed by atoms with Crippen LogP contribution in [0.3, 0.4) is 0 Å². The Hall–Kier alpha value is -1.84. The van der Waals surface area contributed by atoms with Gasteiger partial charge in [0.25, 0.3) is 5.91 Å². The van der Waals surface area contributed by atoms with Crippen molar-refractivity contribution in [2.24, 2.45) is 0 Å². The van der Waals surface area contributed by atoms with Crippen LogP contribution in [0.4, 0.5) is 0 Å². The molecule has 106 valence electrons. The van der Waals surface area contributed by atoms with Gasteiger partial charge in [-0.2, -0.15) is 0 Å². The average molecular weight is 316 g/mol. The summed E-state index contributed by atoms with van der Waals surface area (Å²) in [5.74, 6) is -0.0336. The van der Waals surface area contributed by atoms with Crippen LogP contribution in [0.25, 0.3) is 10.1 Å². The first-order chi connectivity index (χ1) is 10.1. The molecule has 4 heteroatoms. The second kappa shape index (κ2) is 5.88. The molecule has 1 amide bonds. The number of hydrogen-bond acceptors (Lipinski definition) is 2. The summed E-state index contributed by atoms with van der Waals surface area (Å²) >= 11 is 7.48. The van der Waals surface area contributed by atoms with E-state index in [0.717, 1.165) is 26.1 Å². The van der Waals surface area contributed by atoms with Crippen LogP contribution in [0.5, 0.6) is 0 Å². The highest BCUT2D eigenvalue weighted by Gasteiger charge is 2.14. The van der Waals surface area contributed by atoms with Crippen molar-refractivity contribution in [1.29, 1.82) is 0 Å². The molecule has 0 saturated carbocycles. The van der Waals surface area contributed by atoms with Crippen molar-refractivity contribution in [3.63, 3.8) is 0 Å². The lowest BCUT2D eigenvalue weighted by Crippen LogP contribution is -2.22. The van der Waals surface area contributed by atoms with Crippen molar-refractivity contribution >= 4 is 38.9 Å². The van der Waals surface area contributed by atoms with Gasteiger partial charge in [-0.15, -0.1) is 11.3 Å². The molecule has 0 aliphatic heterocycles. The molecule has 3 rings (SSSR count). The molecule has 1 N–H and O–H groups in total. The van der Waals surface area contributed by atoms with Crippen molar-refractivity contribution in [3.8, 4) is 0 Å². The molecule has 2 nitrogen and oxygen atoms in total. The summed E-state index contributed by atoms with van der Waals surface area (Å²) in [5, 5.41) is 4.79. The Morgan fingerprint density at radius 3 is 2.76 bits per heavy atom. The molecule has 2 aromatic carbocycles. The Bertz CT molecular complexity index is 809. The number of carbonyl (C=O) groups is 1. The normalized spacial score (nSPS) is 10.8. The molecule has 21 heavy (non-hydrogen) atoms. The van der Waals surface area contributed by atoms with Crippen molar-refractivity contribution in [2.45, 2.75) is 13.5 Å². The van der Waals surface area contributed by atoms with Crippen LogP contribution in [0.2, 0.25) is 5.02 Å². The zero-order chi connectivity index (χ0) is 14.8. The molecule has 1 aromatic heterocycles. The molecule has 0 aliphatic carbocycles. The predicted molar refractivity (Wildman–Crippen MR) is 89.2 cm³/mol. The fourth-order valence-electron chi connectivity index (χ4n) is 2.30. The van der Waals surface area contributed by atoms with E-state index in [1.54, 1.807) is 0 Å². The highest BCUT2D eigenvalue weighted by Crippen LogP contribution is 2.30. The van der Waals surface area contributed by atoms with Crippen LogP contribution in [-0.4, -0.2) is 5.91 Å². The smallest absolute Gasteiger partial charge is 0.261 e. The van der Waals surface area contributed by atoms with Gasteiger partial charge in [0.1, 0.15) is 0 Å². The third-order valence-corrected chi connectivity index (χ3v) is 4.90. The topological polar surface area (TPSA) is 29.1 Å². The number of amides is 1. The van der Waals surface area contributed by atoms with Crippen LogP contribution < -0.4 is 5.32 Å². The van der Waals surface area contributed by atoms with E-state index in [1.807, 2.05) is 49.4 Å². The van der Waals surface area contributed by atoms with Crippen molar-refractivity contribution in [2.75, 3.05) is 0 Å². The monoisotopic (exact) mass is 315 g/mol. The maximum atomic E-state index is 12.4. The van der Waals surface area contributed by atoms with E-state index in [-0.39, 0.29) is 5.91 Å². The molecule has 0 saturated heterocycles. The van der Waals surface area contributed by atoms with E-state index in [0.29, 0.717) is 11.6 Å². The number of fused-ring (bicyclic) bond motifs is 1. The molecule has 0 bridgehead atoms. The summed E-state index contributed by atoms with van der Waals surface area (Å²) in [7, 11) is 0. The lowest BCUT2D eigenvalue weighted by atomic mass is 10.1. The minimum atomic E-state index is -0.0336. The highest BCUT2D eigenvalue weighted by atomic mass is 35.5. The summed E-state index contributed by atoms with van der Waals surface area (Å²) < 4.78 is 1.14. The van der Waals surface area contributed by atoms with Crippen molar-refractivity contribution in [1.82, 2.24) is 5.32 Å². The van der Waals surface area contributed by atoms with Gasteiger partial charge in [0.15, 0.2) is 0 Å². The van der Waals surface area contributed by atoms with Gasteiger partial charge >= 0.3 is 0 Å². The lowest BCUT2D eigenvalue weighted by molar-refractivity contribution is 0.0954. The number of carbonyl (C=O) groups excluding carboxylic acids is 1. The maximum absolute atomic E-state index is 12.4. The van der Waals surface area contributed by atoms with Crippen molar-refractivity contribution in [3.05, 3.63) is 69.6 Å². The SMILES string of the molecule is Cc1c(C(=O)NCc2cccc(Cl)c2)sc2ccccc12. The van der Waals surface area contributed by atoms with Gasteiger partial charge < -0.3 is 5.32 Å². The molecular formula is C17H14ClNOS. The third kappa shape index (κ3) is 2.94. The van der Waals surface area contributed by atoms with Crippen LogP contribution in [0, 0.1) is 6.92 Å². The summed E-state index contributed by atoms with van der Waals surface area (Å²) in [6.45, 7) is 2.47. The maximum Gasteiger partial charge on any atom is 0.261 e. The fourth-order valence-corrected chi connectivity index (χ4v) is 3.64. The van der Waals surface area contributed by atoms with Gasteiger partial charge in [0.2, 0.25) is 0 Å². The van der Waals surface area contributed by atoms with E-state index in [1.165, 1.54) is 11.3 Å². The summed E-state index contributed by atoms with van der Waals surface area (Å²) in [6.07, 6.45) is 0. The first-order valence-electron chi connectivity index (χ1n) is 6.66.